The number of guanidine groups is 1. The van der Waals surface area contributed by atoms with Crippen molar-refractivity contribution in [2.45, 2.75) is 19.4 Å². The first-order valence-electron chi connectivity index (χ1n) is 9.15. The Balaban J connectivity index is 2.13. The normalized spacial score (nSPS) is 11.3. The summed E-state index contributed by atoms with van der Waals surface area (Å²) in [7, 11) is 0. The molecule has 0 aliphatic rings. The van der Waals surface area contributed by atoms with Gasteiger partial charge < -0.3 is 32.3 Å². The number of phenolic OH excluding ortho intramolecular Hbond substituents is 1. The number of halogens is 2. The molecular formula is C20H21BrClN5O5. The van der Waals surface area contributed by atoms with Crippen LogP contribution < -0.4 is 22.1 Å². The molecule has 8 N–H and O–H groups in total. The molecule has 0 aromatic heterocycles. The summed E-state index contributed by atoms with van der Waals surface area (Å²) in [5.41, 5.74) is 12.2. The third-order valence-electron chi connectivity index (χ3n) is 4.14. The van der Waals surface area contributed by atoms with Gasteiger partial charge in [-0.1, -0.05) is 11.6 Å². The fourth-order valence-corrected chi connectivity index (χ4v) is 3.71. The van der Waals surface area contributed by atoms with Crippen LogP contribution in [-0.4, -0.2) is 40.5 Å². The topological polar surface area (TPSA) is 180 Å². The Bertz CT molecular complexity index is 1090. The number of carboxylic acid groups (broad SMARTS) is 1. The first kappa shape index (κ1) is 25.0. The number of aliphatic imine (C=N–C) groups is 1. The number of hydrogen-bond acceptors (Lipinski definition) is 5. The fourth-order valence-electron chi connectivity index (χ4n) is 2.88. The number of benzene rings is 2. The molecule has 0 aliphatic heterocycles. The Hall–Kier alpha value is -3.31. The molecule has 0 spiro atoms. The van der Waals surface area contributed by atoms with Gasteiger partial charge in [0.25, 0.3) is 5.91 Å². The Morgan fingerprint density at radius 2 is 1.88 bits per heavy atom. The molecule has 10 nitrogen and oxygen atoms in total. The quantitative estimate of drug-likeness (QED) is 0.225. The lowest BCUT2D eigenvalue weighted by Gasteiger charge is -2.20. The molecule has 0 saturated carbocycles. The maximum atomic E-state index is 12.5. The van der Waals surface area contributed by atoms with Crippen LogP contribution in [0.15, 0.2) is 39.8 Å². The van der Waals surface area contributed by atoms with Gasteiger partial charge in [0, 0.05) is 16.1 Å². The van der Waals surface area contributed by atoms with Crippen LogP contribution in [0.25, 0.3) is 0 Å². The predicted octanol–water partition coefficient (Wildman–Crippen LogP) is 2.08. The van der Waals surface area contributed by atoms with E-state index in [1.807, 2.05) is 0 Å². The van der Waals surface area contributed by atoms with Gasteiger partial charge in [0.1, 0.15) is 5.75 Å². The zero-order valence-electron chi connectivity index (χ0n) is 16.9. The van der Waals surface area contributed by atoms with Crippen LogP contribution in [0.3, 0.4) is 0 Å². The van der Waals surface area contributed by atoms with Gasteiger partial charge in [-0.25, -0.2) is 4.99 Å². The van der Waals surface area contributed by atoms with Gasteiger partial charge in [0.15, 0.2) is 5.96 Å². The second-order valence-corrected chi connectivity index (χ2v) is 8.11. The number of hydrogen-bond donors (Lipinski definition) is 6. The molecule has 170 valence electrons. The highest BCUT2D eigenvalue weighted by molar-refractivity contribution is 9.10. The number of amides is 2. The molecule has 0 radical (unpaired) electrons. The Morgan fingerprint density at radius 1 is 1.19 bits per heavy atom. The van der Waals surface area contributed by atoms with Crippen molar-refractivity contribution in [1.82, 2.24) is 10.6 Å². The highest BCUT2D eigenvalue weighted by Gasteiger charge is 2.23. The molecule has 1 unspecified atom stereocenters. The van der Waals surface area contributed by atoms with E-state index in [2.05, 4.69) is 31.6 Å². The SMILES string of the molecule is Cc1cc(N=C(N)N)cc(C(=O)NCC(=O)NC(CC(=O)O)c2cc(Cl)cc(Br)c2O)c1. The van der Waals surface area contributed by atoms with Crippen molar-refractivity contribution in [3.8, 4) is 5.75 Å². The Labute approximate surface area is 196 Å². The summed E-state index contributed by atoms with van der Waals surface area (Å²) in [6.07, 6.45) is -0.514. The second kappa shape index (κ2) is 10.8. The second-order valence-electron chi connectivity index (χ2n) is 6.82. The molecule has 32 heavy (non-hydrogen) atoms. The van der Waals surface area contributed by atoms with E-state index in [0.717, 1.165) is 5.56 Å². The number of phenols is 1. The summed E-state index contributed by atoms with van der Waals surface area (Å²) >= 11 is 9.11. The number of aliphatic carboxylic acids is 1. The molecule has 0 fully saturated rings. The maximum Gasteiger partial charge on any atom is 0.305 e. The molecule has 0 aliphatic carbocycles. The van der Waals surface area contributed by atoms with E-state index in [1.54, 1.807) is 19.1 Å². The summed E-state index contributed by atoms with van der Waals surface area (Å²) in [6, 6.07) is 6.42. The molecule has 2 aromatic rings. The van der Waals surface area contributed by atoms with E-state index < -0.39 is 36.8 Å². The van der Waals surface area contributed by atoms with Crippen LogP contribution in [0.1, 0.15) is 33.9 Å². The lowest BCUT2D eigenvalue weighted by atomic mass is 10.0. The number of rotatable bonds is 8. The fraction of sp³-hybridized carbons (Fsp3) is 0.200. The number of nitrogens with two attached hydrogens (primary N) is 2. The van der Waals surface area contributed by atoms with Gasteiger partial charge in [0.05, 0.1) is 29.2 Å². The number of carbonyl (C=O) groups is 3. The lowest BCUT2D eigenvalue weighted by molar-refractivity contribution is -0.137. The average Bonchev–Trinajstić information content (AvgIpc) is 2.67. The van der Waals surface area contributed by atoms with Gasteiger partial charge in [-0.3, -0.25) is 14.4 Å². The highest BCUT2D eigenvalue weighted by atomic mass is 79.9. The van der Waals surface area contributed by atoms with Gasteiger partial charge in [0.2, 0.25) is 5.91 Å². The molecule has 0 heterocycles. The number of carbonyl (C=O) groups excluding carboxylic acids is 2. The van der Waals surface area contributed by atoms with Crippen LogP contribution in [-0.2, 0) is 9.59 Å². The molecule has 2 amide bonds. The number of nitrogens with zero attached hydrogens (tertiary/aromatic N) is 1. The van der Waals surface area contributed by atoms with Crippen molar-refractivity contribution < 1.29 is 24.6 Å². The minimum atomic E-state index is -1.21. The van der Waals surface area contributed by atoms with Crippen molar-refractivity contribution in [2.75, 3.05) is 6.54 Å². The zero-order valence-corrected chi connectivity index (χ0v) is 19.2. The molecule has 2 aromatic carbocycles. The zero-order chi connectivity index (χ0) is 24.0. The highest BCUT2D eigenvalue weighted by Crippen LogP contribution is 2.36. The summed E-state index contributed by atoms with van der Waals surface area (Å²) < 4.78 is 0.244. The molecular weight excluding hydrogens is 506 g/mol. The van der Waals surface area contributed by atoms with Crippen LogP contribution in [0.4, 0.5) is 5.69 Å². The van der Waals surface area contributed by atoms with Crippen molar-refractivity contribution in [3.05, 3.63) is 56.5 Å². The number of aromatic hydroxyl groups is 1. The molecule has 2 rings (SSSR count). The number of carboxylic acids is 1. The van der Waals surface area contributed by atoms with Crippen LogP contribution >= 0.6 is 27.5 Å². The first-order chi connectivity index (χ1) is 15.0. The molecule has 0 bridgehead atoms. The van der Waals surface area contributed by atoms with Crippen molar-refractivity contribution in [2.24, 2.45) is 16.5 Å². The summed E-state index contributed by atoms with van der Waals surface area (Å²) in [5.74, 6) is -2.85. The smallest absolute Gasteiger partial charge is 0.305 e. The molecule has 0 saturated heterocycles. The van der Waals surface area contributed by atoms with Gasteiger partial charge in [-0.2, -0.15) is 0 Å². The van der Waals surface area contributed by atoms with Crippen LogP contribution in [0.2, 0.25) is 5.02 Å². The Kier molecular flexibility index (Phi) is 8.44. The van der Waals surface area contributed by atoms with Gasteiger partial charge in [-0.05, 0) is 58.7 Å². The average molecular weight is 527 g/mol. The minimum Gasteiger partial charge on any atom is -0.506 e. The van der Waals surface area contributed by atoms with Gasteiger partial charge >= 0.3 is 5.97 Å². The van der Waals surface area contributed by atoms with E-state index in [0.29, 0.717) is 5.69 Å². The molecule has 1 atom stereocenters. The Morgan fingerprint density at radius 3 is 2.50 bits per heavy atom. The van der Waals surface area contributed by atoms with Crippen LogP contribution in [0.5, 0.6) is 5.75 Å². The van der Waals surface area contributed by atoms with Gasteiger partial charge in [-0.15, -0.1) is 0 Å². The van der Waals surface area contributed by atoms with E-state index >= 15 is 0 Å². The van der Waals surface area contributed by atoms with E-state index in [1.165, 1.54) is 18.2 Å². The van der Waals surface area contributed by atoms with E-state index in [4.69, 9.17) is 23.1 Å². The van der Waals surface area contributed by atoms with Crippen molar-refractivity contribution >= 4 is 57.0 Å². The molecule has 12 heteroatoms. The van der Waals surface area contributed by atoms with Crippen molar-refractivity contribution in [3.63, 3.8) is 0 Å². The summed E-state index contributed by atoms with van der Waals surface area (Å²) in [6.45, 7) is 1.31. The number of aryl methyl sites for hydroxylation is 1. The number of nitrogens with one attached hydrogen (secondary N) is 2. The maximum absolute atomic E-state index is 12.5. The summed E-state index contributed by atoms with van der Waals surface area (Å²) in [5, 5.41) is 24.6. The lowest BCUT2D eigenvalue weighted by Crippen LogP contribution is -2.39. The third kappa shape index (κ3) is 7.13. The summed E-state index contributed by atoms with van der Waals surface area (Å²) in [4.78, 5) is 40.0. The first-order valence-corrected chi connectivity index (χ1v) is 10.3. The largest absolute Gasteiger partial charge is 0.506 e. The third-order valence-corrected chi connectivity index (χ3v) is 4.96. The van der Waals surface area contributed by atoms with E-state index in [9.17, 15) is 24.6 Å². The predicted molar refractivity (Wildman–Crippen MR) is 123 cm³/mol. The van der Waals surface area contributed by atoms with E-state index in [-0.39, 0.29) is 32.3 Å². The standard InChI is InChI=1S/C20H21BrClN5O5/c1-9-2-10(4-12(3-9)26-20(23)24)19(32)25-8-16(28)27-15(7-17(29)30)13-5-11(22)6-14(21)18(13)31/h2-6,15,31H,7-8H2,1H3,(H,25,32)(H,27,28)(H,29,30)(H4,23,24,26). The van der Waals surface area contributed by atoms with Crippen molar-refractivity contribution in [1.29, 1.82) is 0 Å². The monoisotopic (exact) mass is 525 g/mol. The van der Waals surface area contributed by atoms with Crippen LogP contribution in [0, 0.1) is 6.92 Å². The minimum absolute atomic E-state index is 0.118.